The van der Waals surface area contributed by atoms with Crippen LogP contribution in [0.3, 0.4) is 0 Å². The highest BCUT2D eigenvalue weighted by Crippen LogP contribution is 2.32. The Morgan fingerprint density at radius 1 is 1.30 bits per heavy atom. The van der Waals surface area contributed by atoms with E-state index < -0.39 is 6.10 Å². The second-order valence-electron chi connectivity index (χ2n) is 7.98. The first-order chi connectivity index (χ1) is 14.5. The topological polar surface area (TPSA) is 98.5 Å². The zero-order chi connectivity index (χ0) is 20.8. The van der Waals surface area contributed by atoms with Gasteiger partial charge in [-0.1, -0.05) is 0 Å². The fraction of sp³-hybridized carbons (Fsp3) is 0.318. The smallest absolute Gasteiger partial charge is 0.256 e. The van der Waals surface area contributed by atoms with Gasteiger partial charge in [-0.15, -0.1) is 0 Å². The maximum atomic E-state index is 12.7. The molecule has 0 aromatic carbocycles. The summed E-state index contributed by atoms with van der Waals surface area (Å²) in [6.07, 6.45) is 6.84. The van der Waals surface area contributed by atoms with Crippen LogP contribution in [-0.2, 0) is 0 Å². The molecule has 5 rings (SSSR count). The van der Waals surface area contributed by atoms with E-state index in [0.29, 0.717) is 23.2 Å². The van der Waals surface area contributed by atoms with Crippen LogP contribution < -0.4 is 5.32 Å². The van der Waals surface area contributed by atoms with Crippen LogP contribution in [0.5, 0.6) is 0 Å². The maximum Gasteiger partial charge on any atom is 0.256 e. The minimum Gasteiger partial charge on any atom is -0.385 e. The third-order valence-electron chi connectivity index (χ3n) is 5.84. The molecule has 0 aliphatic carbocycles. The Kier molecular flexibility index (Phi) is 4.52. The van der Waals surface area contributed by atoms with E-state index in [1.54, 1.807) is 42.0 Å². The van der Waals surface area contributed by atoms with Crippen molar-refractivity contribution < 1.29 is 9.90 Å². The monoisotopic (exact) mass is 404 g/mol. The van der Waals surface area contributed by atoms with E-state index in [-0.39, 0.29) is 5.91 Å². The Morgan fingerprint density at radius 2 is 2.17 bits per heavy atom. The quantitative estimate of drug-likeness (QED) is 0.485. The van der Waals surface area contributed by atoms with Crippen LogP contribution in [0.4, 0.5) is 5.82 Å². The van der Waals surface area contributed by atoms with Crippen LogP contribution in [0.15, 0.2) is 42.9 Å². The molecule has 1 aliphatic rings. The Morgan fingerprint density at radius 3 is 2.93 bits per heavy atom. The first-order valence-electron chi connectivity index (χ1n) is 10.1. The number of aliphatic hydroxyl groups excluding tert-OH is 1. The molecule has 1 fully saturated rings. The van der Waals surface area contributed by atoms with Gasteiger partial charge in [-0.25, -0.2) is 9.97 Å². The molecule has 0 saturated carbocycles. The lowest BCUT2D eigenvalue weighted by Crippen LogP contribution is -2.17. The molecule has 1 aliphatic heterocycles. The molecule has 1 saturated heterocycles. The number of aromatic amines is 1. The van der Waals surface area contributed by atoms with Crippen LogP contribution in [0.25, 0.3) is 16.4 Å². The fourth-order valence-corrected chi connectivity index (χ4v) is 4.26. The number of hydrogen-bond donors (Lipinski definition) is 3. The second-order valence-corrected chi connectivity index (χ2v) is 7.98. The van der Waals surface area contributed by atoms with Gasteiger partial charge in [-0.05, 0) is 51.6 Å². The molecule has 0 bridgehead atoms. The van der Waals surface area contributed by atoms with Gasteiger partial charge in [-0.3, -0.25) is 9.69 Å². The maximum absolute atomic E-state index is 12.7. The molecule has 0 spiro atoms. The van der Waals surface area contributed by atoms with E-state index in [0.717, 1.165) is 29.4 Å². The van der Waals surface area contributed by atoms with Crippen LogP contribution in [-0.4, -0.2) is 48.9 Å². The number of aliphatic hydroxyl groups is 1. The molecule has 2 atom stereocenters. The van der Waals surface area contributed by atoms with E-state index in [1.165, 1.54) is 12.1 Å². The van der Waals surface area contributed by atoms with Crippen molar-refractivity contribution in [3.8, 4) is 0 Å². The summed E-state index contributed by atoms with van der Waals surface area (Å²) >= 11 is 0. The fourth-order valence-electron chi connectivity index (χ4n) is 4.26. The number of carbonyl (C=O) groups is 1. The Balaban J connectivity index is 1.38. The van der Waals surface area contributed by atoms with Gasteiger partial charge in [0, 0.05) is 41.1 Å². The van der Waals surface area contributed by atoms with E-state index >= 15 is 0 Å². The molecule has 4 aromatic heterocycles. The van der Waals surface area contributed by atoms with Crippen molar-refractivity contribution in [1.82, 2.24) is 24.3 Å². The van der Waals surface area contributed by atoms with Crippen LogP contribution in [0, 0.1) is 0 Å². The molecule has 154 valence electrons. The van der Waals surface area contributed by atoms with Crippen molar-refractivity contribution in [2.75, 3.05) is 18.9 Å². The summed E-state index contributed by atoms with van der Waals surface area (Å²) in [5.74, 6) is 0.796. The molecule has 8 heteroatoms. The van der Waals surface area contributed by atoms with Crippen molar-refractivity contribution in [3.63, 3.8) is 0 Å². The van der Waals surface area contributed by atoms with Gasteiger partial charge in [0.05, 0.1) is 17.2 Å². The van der Waals surface area contributed by atoms with E-state index in [1.807, 2.05) is 6.07 Å². The molecule has 0 radical (unpaired) electrons. The number of rotatable bonds is 4. The first kappa shape index (κ1) is 18.8. The molecule has 3 N–H and O–H groups in total. The van der Waals surface area contributed by atoms with Gasteiger partial charge < -0.3 is 19.8 Å². The van der Waals surface area contributed by atoms with E-state index in [2.05, 4.69) is 38.3 Å². The van der Waals surface area contributed by atoms with Gasteiger partial charge in [-0.2, -0.15) is 0 Å². The highest BCUT2D eigenvalue weighted by atomic mass is 16.3. The van der Waals surface area contributed by atoms with Crippen molar-refractivity contribution in [2.45, 2.75) is 31.9 Å². The van der Waals surface area contributed by atoms with Gasteiger partial charge in [0.15, 0.2) is 0 Å². The summed E-state index contributed by atoms with van der Waals surface area (Å²) in [4.78, 5) is 27.2. The standard InChI is InChI=1S/C22H24N6O2/c1-13(29)21-24-12-16-8-14(5-7-28(16)21)22(30)26-20-10-17-15(11-23-20)9-18(25-17)19-4-3-6-27(19)2/h5,7-13,19,25,29H,3-4,6H2,1-2H3,(H,23,26,30)/t13?,19-/m1/s1. The number of pyridine rings is 2. The van der Waals surface area contributed by atoms with Crippen LogP contribution >= 0.6 is 0 Å². The summed E-state index contributed by atoms with van der Waals surface area (Å²) in [6.45, 7) is 2.77. The molecule has 8 nitrogen and oxygen atoms in total. The number of likely N-dealkylation sites (tertiary alicyclic amines) is 1. The van der Waals surface area contributed by atoms with Gasteiger partial charge in [0.2, 0.25) is 0 Å². The predicted molar refractivity (Wildman–Crippen MR) is 114 cm³/mol. The van der Waals surface area contributed by atoms with Crippen LogP contribution in [0.2, 0.25) is 0 Å². The van der Waals surface area contributed by atoms with Crippen LogP contribution in [0.1, 0.15) is 53.8 Å². The number of nitrogens with zero attached hydrogens (tertiary/aromatic N) is 4. The van der Waals surface area contributed by atoms with Crippen molar-refractivity contribution in [1.29, 1.82) is 0 Å². The third kappa shape index (κ3) is 3.24. The molecule has 1 amide bonds. The number of hydrogen-bond acceptors (Lipinski definition) is 5. The van der Waals surface area contributed by atoms with E-state index in [4.69, 9.17) is 0 Å². The zero-order valence-corrected chi connectivity index (χ0v) is 17.0. The molecule has 1 unspecified atom stereocenters. The SMILES string of the molecule is CC(O)c1ncc2cc(C(=O)Nc3cc4[nH]c([C@H]5CCCN5C)cc4cn3)ccn12. The number of imidazole rings is 1. The molecule has 5 heterocycles. The number of nitrogens with one attached hydrogen (secondary N) is 2. The summed E-state index contributed by atoms with van der Waals surface area (Å²) < 4.78 is 1.77. The molecule has 4 aromatic rings. The summed E-state index contributed by atoms with van der Waals surface area (Å²) in [7, 11) is 2.15. The zero-order valence-electron chi connectivity index (χ0n) is 17.0. The third-order valence-corrected chi connectivity index (χ3v) is 5.84. The van der Waals surface area contributed by atoms with Gasteiger partial charge >= 0.3 is 0 Å². The summed E-state index contributed by atoms with van der Waals surface area (Å²) in [5, 5.41) is 13.7. The summed E-state index contributed by atoms with van der Waals surface area (Å²) in [5.41, 5.74) is 3.40. The Hall–Kier alpha value is -3.23. The lowest BCUT2D eigenvalue weighted by atomic mass is 10.1. The predicted octanol–water partition coefficient (Wildman–Crippen LogP) is 3.28. The highest BCUT2D eigenvalue weighted by molar-refractivity contribution is 6.05. The van der Waals surface area contributed by atoms with Crippen molar-refractivity contribution >= 4 is 28.1 Å². The van der Waals surface area contributed by atoms with Crippen molar-refractivity contribution in [2.24, 2.45) is 0 Å². The molecular formula is C22H24N6O2. The van der Waals surface area contributed by atoms with Crippen molar-refractivity contribution in [3.05, 3.63) is 59.9 Å². The minimum absolute atomic E-state index is 0.244. The second kappa shape index (κ2) is 7.23. The number of amides is 1. The Labute approximate surface area is 173 Å². The average Bonchev–Trinajstić information content (AvgIpc) is 3.44. The summed E-state index contributed by atoms with van der Waals surface area (Å²) in [6, 6.07) is 7.87. The number of H-pyrrole nitrogens is 1. The average molecular weight is 404 g/mol. The lowest BCUT2D eigenvalue weighted by Gasteiger charge is -2.17. The minimum atomic E-state index is -0.683. The number of carbonyl (C=O) groups excluding carboxylic acids is 1. The Bertz CT molecular complexity index is 1240. The number of anilines is 1. The van der Waals surface area contributed by atoms with E-state index in [9.17, 15) is 9.90 Å². The highest BCUT2D eigenvalue weighted by Gasteiger charge is 2.24. The lowest BCUT2D eigenvalue weighted by molar-refractivity contribution is 0.102. The number of fused-ring (bicyclic) bond motifs is 2. The normalized spacial score (nSPS) is 18.3. The molecular weight excluding hydrogens is 380 g/mol. The number of aromatic nitrogens is 4. The largest absolute Gasteiger partial charge is 0.385 e. The first-order valence-corrected chi connectivity index (χ1v) is 10.1. The van der Waals surface area contributed by atoms with Gasteiger partial charge in [0.25, 0.3) is 5.91 Å². The molecule has 30 heavy (non-hydrogen) atoms. The van der Waals surface area contributed by atoms with Gasteiger partial charge in [0.1, 0.15) is 17.7 Å².